The number of fused-ring (bicyclic) bond motifs is 1. The summed E-state index contributed by atoms with van der Waals surface area (Å²) in [7, 11) is 0. The number of ether oxygens (including phenoxy) is 2. The Morgan fingerprint density at radius 3 is 2.46 bits per heavy atom. The molecule has 6 heteroatoms. The van der Waals surface area contributed by atoms with Crippen LogP contribution in [0.15, 0.2) is 36.4 Å². The van der Waals surface area contributed by atoms with Crippen molar-refractivity contribution in [1.82, 2.24) is 0 Å². The van der Waals surface area contributed by atoms with Crippen molar-refractivity contribution in [3.63, 3.8) is 0 Å². The Kier molecular flexibility index (Phi) is 4.37. The number of aryl methyl sites for hydroxylation is 1. The van der Waals surface area contributed by atoms with Crippen molar-refractivity contribution in [2.45, 2.75) is 13.8 Å². The molecule has 2 aromatic carbocycles. The molecular weight excluding hydrogens is 308 g/mol. The lowest BCUT2D eigenvalue weighted by molar-refractivity contribution is -0.114. The van der Waals surface area contributed by atoms with E-state index in [4.69, 9.17) is 9.47 Å². The molecule has 1 aliphatic heterocycles. The summed E-state index contributed by atoms with van der Waals surface area (Å²) < 4.78 is 11.0. The summed E-state index contributed by atoms with van der Waals surface area (Å²) in [6.07, 6.45) is 0. The molecule has 1 aliphatic rings. The van der Waals surface area contributed by atoms with E-state index in [9.17, 15) is 9.59 Å². The van der Waals surface area contributed by atoms with Crippen LogP contribution in [-0.2, 0) is 4.79 Å². The summed E-state index contributed by atoms with van der Waals surface area (Å²) >= 11 is 0. The van der Waals surface area contributed by atoms with Gasteiger partial charge in [-0.1, -0.05) is 6.07 Å². The van der Waals surface area contributed by atoms with Crippen LogP contribution in [0.5, 0.6) is 11.5 Å². The first-order valence-corrected chi connectivity index (χ1v) is 7.62. The molecular formula is C18H18N2O4. The van der Waals surface area contributed by atoms with Crippen LogP contribution in [0.4, 0.5) is 11.4 Å². The number of carbonyl (C=O) groups is 2. The van der Waals surface area contributed by atoms with Crippen LogP contribution in [-0.4, -0.2) is 25.0 Å². The van der Waals surface area contributed by atoms with Gasteiger partial charge in [-0.15, -0.1) is 0 Å². The summed E-state index contributed by atoms with van der Waals surface area (Å²) in [5.41, 5.74) is 2.59. The molecule has 0 aliphatic carbocycles. The summed E-state index contributed by atoms with van der Waals surface area (Å²) in [4.78, 5) is 23.7. The zero-order valence-corrected chi connectivity index (χ0v) is 13.5. The molecule has 0 fully saturated rings. The zero-order valence-electron chi connectivity index (χ0n) is 13.5. The fraction of sp³-hybridized carbons (Fsp3) is 0.222. The summed E-state index contributed by atoms with van der Waals surface area (Å²) in [6, 6.07) is 10.4. The maximum absolute atomic E-state index is 12.4. The Hall–Kier alpha value is -3.02. The van der Waals surface area contributed by atoms with Crippen LogP contribution in [0.3, 0.4) is 0 Å². The van der Waals surface area contributed by atoms with Crippen molar-refractivity contribution in [2.24, 2.45) is 0 Å². The highest BCUT2D eigenvalue weighted by atomic mass is 16.6. The van der Waals surface area contributed by atoms with Gasteiger partial charge in [-0.05, 0) is 36.8 Å². The number of amides is 2. The Labute approximate surface area is 139 Å². The molecule has 124 valence electrons. The van der Waals surface area contributed by atoms with Gasteiger partial charge in [-0.3, -0.25) is 9.59 Å². The van der Waals surface area contributed by atoms with Crippen LogP contribution in [0.2, 0.25) is 0 Å². The fourth-order valence-electron chi connectivity index (χ4n) is 2.41. The van der Waals surface area contributed by atoms with Crippen molar-refractivity contribution >= 4 is 23.2 Å². The molecule has 2 amide bonds. The smallest absolute Gasteiger partial charge is 0.255 e. The lowest BCUT2D eigenvalue weighted by Crippen LogP contribution is -2.16. The van der Waals surface area contributed by atoms with Gasteiger partial charge in [0.25, 0.3) is 5.91 Å². The molecule has 0 unspecified atom stereocenters. The van der Waals surface area contributed by atoms with Gasteiger partial charge in [0, 0.05) is 29.9 Å². The van der Waals surface area contributed by atoms with Gasteiger partial charge in [0.2, 0.25) is 5.91 Å². The number of anilines is 2. The summed E-state index contributed by atoms with van der Waals surface area (Å²) in [5.74, 6) is 0.838. The standard InChI is InChI=1S/C18H18N2O4/c1-11-3-4-13(9-15(11)19-12(2)21)18(22)20-14-5-6-16-17(10-14)24-8-7-23-16/h3-6,9-10H,7-8H2,1-2H3,(H,19,21)(H,20,22). The van der Waals surface area contributed by atoms with E-state index in [2.05, 4.69) is 10.6 Å². The normalized spacial score (nSPS) is 12.4. The van der Waals surface area contributed by atoms with E-state index in [-0.39, 0.29) is 11.8 Å². The first-order valence-electron chi connectivity index (χ1n) is 7.62. The van der Waals surface area contributed by atoms with Crippen molar-refractivity contribution in [2.75, 3.05) is 23.8 Å². The van der Waals surface area contributed by atoms with E-state index in [0.29, 0.717) is 41.7 Å². The molecule has 0 bridgehead atoms. The molecule has 0 atom stereocenters. The first-order chi connectivity index (χ1) is 11.5. The number of carbonyl (C=O) groups excluding carboxylic acids is 2. The molecule has 0 spiro atoms. The SMILES string of the molecule is CC(=O)Nc1cc(C(=O)Nc2ccc3c(c2)OCCO3)ccc1C. The maximum atomic E-state index is 12.4. The van der Waals surface area contributed by atoms with Crippen molar-refractivity contribution < 1.29 is 19.1 Å². The molecule has 6 nitrogen and oxygen atoms in total. The number of rotatable bonds is 3. The molecule has 0 saturated heterocycles. The van der Waals surface area contributed by atoms with Gasteiger partial charge in [-0.25, -0.2) is 0 Å². The van der Waals surface area contributed by atoms with Crippen LogP contribution in [0.1, 0.15) is 22.8 Å². The van der Waals surface area contributed by atoms with Crippen molar-refractivity contribution in [3.8, 4) is 11.5 Å². The Morgan fingerprint density at radius 1 is 0.958 bits per heavy atom. The third kappa shape index (κ3) is 3.48. The minimum absolute atomic E-state index is 0.178. The molecule has 24 heavy (non-hydrogen) atoms. The van der Waals surface area contributed by atoms with E-state index in [0.717, 1.165) is 5.56 Å². The number of hydrogen-bond donors (Lipinski definition) is 2. The van der Waals surface area contributed by atoms with Gasteiger partial charge < -0.3 is 20.1 Å². The fourth-order valence-corrected chi connectivity index (χ4v) is 2.41. The Bertz CT molecular complexity index is 802. The third-order valence-electron chi connectivity index (χ3n) is 3.61. The van der Waals surface area contributed by atoms with E-state index >= 15 is 0 Å². The van der Waals surface area contributed by atoms with Crippen molar-refractivity contribution in [3.05, 3.63) is 47.5 Å². The quantitative estimate of drug-likeness (QED) is 0.909. The number of benzene rings is 2. The maximum Gasteiger partial charge on any atom is 0.255 e. The van der Waals surface area contributed by atoms with E-state index in [1.165, 1.54) is 6.92 Å². The average Bonchev–Trinajstić information content (AvgIpc) is 2.56. The van der Waals surface area contributed by atoms with E-state index in [1.54, 1.807) is 36.4 Å². The highest BCUT2D eigenvalue weighted by Gasteiger charge is 2.14. The largest absolute Gasteiger partial charge is 0.486 e. The molecule has 3 rings (SSSR count). The second-order valence-electron chi connectivity index (χ2n) is 5.52. The number of nitrogens with one attached hydrogen (secondary N) is 2. The highest BCUT2D eigenvalue weighted by molar-refractivity contribution is 6.05. The first kappa shape index (κ1) is 15.9. The molecule has 2 aromatic rings. The zero-order chi connectivity index (χ0) is 17.1. The topological polar surface area (TPSA) is 76.7 Å². The van der Waals surface area contributed by atoms with E-state index in [1.807, 2.05) is 6.92 Å². The Balaban J connectivity index is 1.78. The molecule has 0 aromatic heterocycles. The molecule has 2 N–H and O–H groups in total. The van der Waals surface area contributed by atoms with Gasteiger partial charge in [0.05, 0.1) is 0 Å². The van der Waals surface area contributed by atoms with Crippen LogP contribution in [0.25, 0.3) is 0 Å². The lowest BCUT2D eigenvalue weighted by Gasteiger charge is -2.19. The predicted octanol–water partition coefficient (Wildman–Crippen LogP) is 2.98. The van der Waals surface area contributed by atoms with Gasteiger partial charge >= 0.3 is 0 Å². The van der Waals surface area contributed by atoms with E-state index < -0.39 is 0 Å². The van der Waals surface area contributed by atoms with Crippen molar-refractivity contribution in [1.29, 1.82) is 0 Å². The number of hydrogen-bond acceptors (Lipinski definition) is 4. The van der Waals surface area contributed by atoms with Gasteiger partial charge in [-0.2, -0.15) is 0 Å². The molecule has 0 saturated carbocycles. The predicted molar refractivity (Wildman–Crippen MR) is 90.9 cm³/mol. The average molecular weight is 326 g/mol. The molecule has 0 radical (unpaired) electrons. The van der Waals surface area contributed by atoms with Crippen LogP contribution < -0.4 is 20.1 Å². The minimum Gasteiger partial charge on any atom is -0.486 e. The minimum atomic E-state index is -0.265. The lowest BCUT2D eigenvalue weighted by atomic mass is 10.1. The van der Waals surface area contributed by atoms with Crippen LogP contribution >= 0.6 is 0 Å². The summed E-state index contributed by atoms with van der Waals surface area (Å²) in [6.45, 7) is 4.31. The van der Waals surface area contributed by atoms with Gasteiger partial charge in [0.1, 0.15) is 13.2 Å². The second kappa shape index (κ2) is 6.62. The third-order valence-corrected chi connectivity index (χ3v) is 3.61. The summed E-state index contributed by atoms with van der Waals surface area (Å²) in [5, 5.41) is 5.54. The second-order valence-corrected chi connectivity index (χ2v) is 5.52. The van der Waals surface area contributed by atoms with Gasteiger partial charge in [0.15, 0.2) is 11.5 Å². The molecule has 1 heterocycles. The Morgan fingerprint density at radius 2 is 1.71 bits per heavy atom. The highest BCUT2D eigenvalue weighted by Crippen LogP contribution is 2.32. The monoisotopic (exact) mass is 326 g/mol. The van der Waals surface area contributed by atoms with Crippen LogP contribution in [0, 0.1) is 6.92 Å².